The van der Waals surface area contributed by atoms with Gasteiger partial charge in [0.1, 0.15) is 0 Å². The second-order valence-corrected chi connectivity index (χ2v) is 5.90. The van der Waals surface area contributed by atoms with Crippen molar-refractivity contribution in [2.75, 3.05) is 13.7 Å². The predicted molar refractivity (Wildman–Crippen MR) is 86.7 cm³/mol. The van der Waals surface area contributed by atoms with Crippen molar-refractivity contribution in [1.29, 1.82) is 0 Å². The van der Waals surface area contributed by atoms with Crippen LogP contribution in [0.15, 0.2) is 29.0 Å². The molecule has 1 heterocycles. The normalized spacial score (nSPS) is 12.4. The van der Waals surface area contributed by atoms with Gasteiger partial charge in [-0.3, -0.25) is 0 Å². The fourth-order valence-electron chi connectivity index (χ4n) is 2.43. The minimum Gasteiger partial charge on any atom is -0.494 e. The van der Waals surface area contributed by atoms with Gasteiger partial charge in [0.25, 0.3) is 0 Å². The number of rotatable bonds is 7. The molecular weight excluding hydrogens is 285 g/mol. The van der Waals surface area contributed by atoms with E-state index in [1.165, 1.54) is 18.2 Å². The van der Waals surface area contributed by atoms with E-state index in [4.69, 9.17) is 4.74 Å². The molecule has 114 valence electrons. The Bertz CT molecular complexity index is 582. The molecule has 0 amide bonds. The van der Waals surface area contributed by atoms with Crippen LogP contribution in [0.1, 0.15) is 36.1 Å². The number of methoxy groups -OCH3 is 1. The van der Waals surface area contributed by atoms with Gasteiger partial charge in [-0.25, -0.2) is 4.39 Å². The SMILES string of the molecule is CCCNC(Cc1cccc(OC)c1F)c1cscc1C. The maximum Gasteiger partial charge on any atom is 0.168 e. The van der Waals surface area contributed by atoms with Gasteiger partial charge in [0.2, 0.25) is 0 Å². The molecule has 2 rings (SSSR count). The van der Waals surface area contributed by atoms with Crippen LogP contribution in [-0.4, -0.2) is 13.7 Å². The Labute approximate surface area is 130 Å². The van der Waals surface area contributed by atoms with Crippen LogP contribution in [0.25, 0.3) is 0 Å². The van der Waals surface area contributed by atoms with Crippen molar-refractivity contribution in [3.63, 3.8) is 0 Å². The molecule has 0 saturated carbocycles. The van der Waals surface area contributed by atoms with Crippen molar-refractivity contribution >= 4 is 11.3 Å². The van der Waals surface area contributed by atoms with Crippen LogP contribution in [0, 0.1) is 12.7 Å². The third-order valence-electron chi connectivity index (χ3n) is 3.60. The Hall–Kier alpha value is -1.39. The summed E-state index contributed by atoms with van der Waals surface area (Å²) in [5, 5.41) is 7.82. The molecule has 2 aromatic rings. The summed E-state index contributed by atoms with van der Waals surface area (Å²) in [7, 11) is 1.50. The first-order chi connectivity index (χ1) is 10.2. The minimum absolute atomic E-state index is 0.137. The van der Waals surface area contributed by atoms with Crippen molar-refractivity contribution in [3.8, 4) is 5.75 Å². The number of nitrogens with one attached hydrogen (secondary N) is 1. The van der Waals surface area contributed by atoms with Crippen LogP contribution in [0.5, 0.6) is 5.75 Å². The standard InChI is InChI=1S/C17H22FNOS/c1-4-8-19-15(14-11-21-10-12(14)2)9-13-6-5-7-16(20-3)17(13)18/h5-7,10-11,15,19H,4,8-9H2,1-3H3. The number of halogens is 1. The van der Waals surface area contributed by atoms with E-state index < -0.39 is 0 Å². The third-order valence-corrected chi connectivity index (χ3v) is 4.48. The Morgan fingerprint density at radius 1 is 1.33 bits per heavy atom. The fraction of sp³-hybridized carbons (Fsp3) is 0.412. The quantitative estimate of drug-likeness (QED) is 0.814. The van der Waals surface area contributed by atoms with Crippen LogP contribution >= 0.6 is 11.3 Å². The zero-order chi connectivity index (χ0) is 15.2. The zero-order valence-electron chi connectivity index (χ0n) is 12.8. The van der Waals surface area contributed by atoms with Crippen molar-refractivity contribution < 1.29 is 9.13 Å². The summed E-state index contributed by atoms with van der Waals surface area (Å²) >= 11 is 1.69. The smallest absolute Gasteiger partial charge is 0.168 e. The molecule has 0 aliphatic rings. The Morgan fingerprint density at radius 2 is 2.14 bits per heavy atom. The van der Waals surface area contributed by atoms with Gasteiger partial charge in [-0.1, -0.05) is 19.1 Å². The summed E-state index contributed by atoms with van der Waals surface area (Å²) in [6, 6.07) is 5.47. The molecule has 0 bridgehead atoms. The molecule has 2 nitrogen and oxygen atoms in total. The topological polar surface area (TPSA) is 21.3 Å². The first kappa shape index (κ1) is 16.0. The molecule has 0 spiro atoms. The molecule has 0 fully saturated rings. The average Bonchev–Trinajstić information content (AvgIpc) is 2.91. The lowest BCUT2D eigenvalue weighted by Crippen LogP contribution is -2.24. The Morgan fingerprint density at radius 3 is 2.76 bits per heavy atom. The number of hydrogen-bond acceptors (Lipinski definition) is 3. The summed E-state index contributed by atoms with van der Waals surface area (Å²) in [4.78, 5) is 0. The van der Waals surface area contributed by atoms with Gasteiger partial charge in [-0.05, 0) is 59.8 Å². The summed E-state index contributed by atoms with van der Waals surface area (Å²) in [6.45, 7) is 5.16. The number of benzene rings is 1. The third kappa shape index (κ3) is 3.83. The molecule has 0 saturated heterocycles. The first-order valence-electron chi connectivity index (χ1n) is 7.24. The molecule has 0 radical (unpaired) electrons. The summed E-state index contributed by atoms with van der Waals surface area (Å²) < 4.78 is 19.4. The maximum atomic E-state index is 14.3. The van der Waals surface area contributed by atoms with Crippen LogP contribution < -0.4 is 10.1 Å². The van der Waals surface area contributed by atoms with E-state index in [1.807, 2.05) is 12.1 Å². The minimum atomic E-state index is -0.254. The molecule has 1 unspecified atom stereocenters. The van der Waals surface area contributed by atoms with Crippen molar-refractivity contribution in [1.82, 2.24) is 5.32 Å². The van der Waals surface area contributed by atoms with Crippen molar-refractivity contribution in [2.24, 2.45) is 0 Å². The molecule has 0 aliphatic heterocycles. The van der Waals surface area contributed by atoms with Gasteiger partial charge >= 0.3 is 0 Å². The van der Waals surface area contributed by atoms with Gasteiger partial charge in [0, 0.05) is 6.04 Å². The average molecular weight is 307 g/mol. The second kappa shape index (κ2) is 7.57. The monoisotopic (exact) mass is 307 g/mol. The lowest BCUT2D eigenvalue weighted by atomic mass is 9.98. The van der Waals surface area contributed by atoms with Crippen LogP contribution in [0.3, 0.4) is 0 Å². The highest BCUT2D eigenvalue weighted by Gasteiger charge is 2.18. The molecule has 1 aromatic carbocycles. The molecule has 21 heavy (non-hydrogen) atoms. The molecule has 1 N–H and O–H groups in total. The van der Waals surface area contributed by atoms with E-state index in [1.54, 1.807) is 17.4 Å². The Kier molecular flexibility index (Phi) is 5.76. The molecule has 1 aromatic heterocycles. The fourth-order valence-corrected chi connectivity index (χ4v) is 3.33. The highest BCUT2D eigenvalue weighted by atomic mass is 32.1. The summed E-state index contributed by atoms with van der Waals surface area (Å²) in [5.41, 5.74) is 3.21. The zero-order valence-corrected chi connectivity index (χ0v) is 13.6. The molecule has 4 heteroatoms. The van der Waals surface area contributed by atoms with Crippen LogP contribution in [0.2, 0.25) is 0 Å². The number of thiophene rings is 1. The van der Waals surface area contributed by atoms with Crippen LogP contribution in [-0.2, 0) is 6.42 Å². The molecule has 1 atom stereocenters. The van der Waals surface area contributed by atoms with E-state index >= 15 is 0 Å². The lowest BCUT2D eigenvalue weighted by molar-refractivity contribution is 0.382. The van der Waals surface area contributed by atoms with Gasteiger partial charge in [-0.2, -0.15) is 11.3 Å². The van der Waals surface area contributed by atoms with E-state index in [2.05, 4.69) is 29.9 Å². The summed E-state index contributed by atoms with van der Waals surface area (Å²) in [6.07, 6.45) is 1.68. The van der Waals surface area contributed by atoms with E-state index in [0.717, 1.165) is 13.0 Å². The highest BCUT2D eigenvalue weighted by molar-refractivity contribution is 7.08. The number of hydrogen-bond donors (Lipinski definition) is 1. The van der Waals surface area contributed by atoms with Gasteiger partial charge in [0.15, 0.2) is 11.6 Å². The van der Waals surface area contributed by atoms with Crippen molar-refractivity contribution in [2.45, 2.75) is 32.7 Å². The van der Waals surface area contributed by atoms with Gasteiger partial charge in [-0.15, -0.1) is 0 Å². The van der Waals surface area contributed by atoms with Crippen LogP contribution in [0.4, 0.5) is 4.39 Å². The van der Waals surface area contributed by atoms with E-state index in [0.29, 0.717) is 17.7 Å². The number of ether oxygens (including phenoxy) is 1. The lowest BCUT2D eigenvalue weighted by Gasteiger charge is -2.20. The van der Waals surface area contributed by atoms with E-state index in [-0.39, 0.29) is 11.9 Å². The Balaban J connectivity index is 2.25. The maximum absolute atomic E-state index is 14.3. The molecule has 0 aliphatic carbocycles. The summed E-state index contributed by atoms with van der Waals surface area (Å²) in [5.74, 6) is 0.0555. The molecular formula is C17H22FNOS. The van der Waals surface area contributed by atoms with Gasteiger partial charge < -0.3 is 10.1 Å². The first-order valence-corrected chi connectivity index (χ1v) is 8.19. The van der Waals surface area contributed by atoms with Crippen molar-refractivity contribution in [3.05, 3.63) is 51.5 Å². The number of aryl methyl sites for hydroxylation is 1. The highest BCUT2D eigenvalue weighted by Crippen LogP contribution is 2.28. The van der Waals surface area contributed by atoms with E-state index in [9.17, 15) is 4.39 Å². The predicted octanol–water partition coefficient (Wildman–Crippen LogP) is 4.49. The largest absolute Gasteiger partial charge is 0.494 e. The van der Waals surface area contributed by atoms with Gasteiger partial charge in [0.05, 0.1) is 7.11 Å². The second-order valence-electron chi connectivity index (χ2n) is 5.15.